The lowest BCUT2D eigenvalue weighted by Crippen LogP contribution is -2.46. The Balaban J connectivity index is 1.81. The highest BCUT2D eigenvalue weighted by molar-refractivity contribution is 7.99. The van der Waals surface area contributed by atoms with E-state index in [0.29, 0.717) is 6.04 Å². The zero-order chi connectivity index (χ0) is 14.4. The Kier molecular flexibility index (Phi) is 6.21. The average molecular weight is 300 g/mol. The van der Waals surface area contributed by atoms with Crippen molar-refractivity contribution >= 4 is 11.8 Å². The van der Waals surface area contributed by atoms with E-state index < -0.39 is 0 Å². The number of likely N-dealkylation sites (N-methyl/N-ethyl adjacent to an activating group) is 1. The summed E-state index contributed by atoms with van der Waals surface area (Å²) in [6.07, 6.45) is 0.255. The fourth-order valence-corrected chi connectivity index (χ4v) is 3.05. The molecule has 1 atom stereocenters. The molecule has 1 unspecified atom stereocenters. The van der Waals surface area contributed by atoms with E-state index in [4.69, 9.17) is 4.74 Å². The lowest BCUT2D eigenvalue weighted by atomic mass is 10.2. The van der Waals surface area contributed by atoms with Crippen LogP contribution in [-0.4, -0.2) is 76.3 Å². The zero-order valence-corrected chi connectivity index (χ0v) is 13.3. The van der Waals surface area contributed by atoms with Gasteiger partial charge >= 0.3 is 0 Å². The number of ether oxygens (including phenoxy) is 1. The summed E-state index contributed by atoms with van der Waals surface area (Å²) in [6.45, 7) is 8.94. The van der Waals surface area contributed by atoms with Crippen molar-refractivity contribution in [1.82, 2.24) is 30.4 Å². The van der Waals surface area contributed by atoms with Crippen LogP contribution in [0.25, 0.3) is 0 Å². The van der Waals surface area contributed by atoms with Crippen LogP contribution in [0.4, 0.5) is 0 Å². The van der Waals surface area contributed by atoms with Gasteiger partial charge in [0.15, 0.2) is 0 Å². The first-order valence-electron chi connectivity index (χ1n) is 7.10. The van der Waals surface area contributed by atoms with Crippen LogP contribution < -0.4 is 5.32 Å². The van der Waals surface area contributed by atoms with Crippen LogP contribution in [-0.2, 0) is 11.3 Å². The maximum Gasteiger partial charge on any atom is 0.209 e. The number of nitrogens with one attached hydrogen (secondary N) is 1. The van der Waals surface area contributed by atoms with Gasteiger partial charge in [0, 0.05) is 31.4 Å². The van der Waals surface area contributed by atoms with Gasteiger partial charge in [0.2, 0.25) is 5.16 Å². The summed E-state index contributed by atoms with van der Waals surface area (Å²) in [5.74, 6) is 0.892. The van der Waals surface area contributed by atoms with Crippen molar-refractivity contribution in [1.29, 1.82) is 0 Å². The first-order chi connectivity index (χ1) is 9.70. The highest BCUT2D eigenvalue weighted by Crippen LogP contribution is 2.19. The van der Waals surface area contributed by atoms with Gasteiger partial charge < -0.3 is 10.1 Å². The van der Waals surface area contributed by atoms with Gasteiger partial charge in [-0.3, -0.25) is 4.90 Å². The van der Waals surface area contributed by atoms with Crippen LogP contribution in [0.1, 0.15) is 13.8 Å². The molecule has 1 N–H and O–H groups in total. The van der Waals surface area contributed by atoms with Gasteiger partial charge in [-0.05, 0) is 31.3 Å². The average Bonchev–Trinajstić information content (AvgIpc) is 2.90. The van der Waals surface area contributed by atoms with Crippen molar-refractivity contribution in [3.63, 3.8) is 0 Å². The first kappa shape index (κ1) is 15.7. The molecule has 1 aromatic heterocycles. The van der Waals surface area contributed by atoms with Gasteiger partial charge in [0.1, 0.15) is 0 Å². The molecule has 0 amide bonds. The van der Waals surface area contributed by atoms with Gasteiger partial charge in [0.05, 0.1) is 19.3 Å². The van der Waals surface area contributed by atoms with E-state index in [0.717, 1.165) is 43.7 Å². The standard InChI is InChI=1S/C12H24N6OS/c1-10(2)17-6-7-19-11(8-17)9-20-12-14-15-16-18(12)5-4-13-3/h10-11,13H,4-9H2,1-3H3. The predicted octanol–water partition coefficient (Wildman–Crippen LogP) is 0.0938. The zero-order valence-electron chi connectivity index (χ0n) is 12.4. The second-order valence-corrected chi connectivity index (χ2v) is 6.17. The number of morpholine rings is 1. The molecular formula is C12H24N6OS. The van der Waals surface area contributed by atoms with Gasteiger partial charge in [-0.2, -0.15) is 0 Å². The highest BCUT2D eigenvalue weighted by Gasteiger charge is 2.23. The van der Waals surface area contributed by atoms with Crippen LogP contribution in [0.15, 0.2) is 5.16 Å². The number of hydrogen-bond acceptors (Lipinski definition) is 7. The third-order valence-corrected chi connectivity index (χ3v) is 4.46. The van der Waals surface area contributed by atoms with Crippen molar-refractivity contribution in [2.75, 3.05) is 39.0 Å². The van der Waals surface area contributed by atoms with Gasteiger partial charge in [0.25, 0.3) is 0 Å². The number of nitrogens with zero attached hydrogens (tertiary/aromatic N) is 5. The van der Waals surface area contributed by atoms with E-state index >= 15 is 0 Å². The summed E-state index contributed by atoms with van der Waals surface area (Å²) in [4.78, 5) is 2.46. The second-order valence-electron chi connectivity index (χ2n) is 5.18. The molecule has 0 saturated carbocycles. The molecule has 0 aliphatic carbocycles. The third-order valence-electron chi connectivity index (χ3n) is 3.37. The van der Waals surface area contributed by atoms with E-state index in [1.54, 1.807) is 11.8 Å². The van der Waals surface area contributed by atoms with Crippen LogP contribution in [0.5, 0.6) is 0 Å². The number of tetrazole rings is 1. The topological polar surface area (TPSA) is 68.1 Å². The summed E-state index contributed by atoms with van der Waals surface area (Å²) in [5.41, 5.74) is 0. The summed E-state index contributed by atoms with van der Waals surface area (Å²) >= 11 is 1.67. The monoisotopic (exact) mass is 300 g/mol. The molecule has 1 saturated heterocycles. The van der Waals surface area contributed by atoms with Crippen LogP contribution in [0, 0.1) is 0 Å². The Bertz CT molecular complexity index is 399. The van der Waals surface area contributed by atoms with Crippen molar-refractivity contribution in [2.45, 2.75) is 37.7 Å². The molecule has 114 valence electrons. The molecule has 1 aliphatic rings. The minimum atomic E-state index is 0.255. The Morgan fingerprint density at radius 2 is 2.35 bits per heavy atom. The van der Waals surface area contributed by atoms with E-state index in [1.165, 1.54) is 0 Å². The lowest BCUT2D eigenvalue weighted by molar-refractivity contribution is -0.0265. The maximum atomic E-state index is 5.82. The minimum Gasteiger partial charge on any atom is -0.375 e. The Labute approximate surface area is 124 Å². The van der Waals surface area contributed by atoms with Crippen molar-refractivity contribution in [2.24, 2.45) is 0 Å². The second kappa shape index (κ2) is 7.92. The van der Waals surface area contributed by atoms with E-state index in [2.05, 4.69) is 39.6 Å². The minimum absolute atomic E-state index is 0.255. The lowest BCUT2D eigenvalue weighted by Gasteiger charge is -2.35. The Hall–Kier alpha value is -0.700. The molecule has 20 heavy (non-hydrogen) atoms. The Morgan fingerprint density at radius 1 is 1.50 bits per heavy atom. The van der Waals surface area contributed by atoms with Gasteiger partial charge in [-0.25, -0.2) is 4.68 Å². The number of thioether (sulfide) groups is 1. The number of rotatable bonds is 7. The SMILES string of the molecule is CNCCn1nnnc1SCC1CN(C(C)C)CCO1. The molecule has 0 spiro atoms. The molecule has 1 aliphatic heterocycles. The van der Waals surface area contributed by atoms with Crippen LogP contribution in [0.3, 0.4) is 0 Å². The number of aromatic nitrogens is 4. The Morgan fingerprint density at radius 3 is 3.10 bits per heavy atom. The summed E-state index contributed by atoms with van der Waals surface area (Å²) in [7, 11) is 1.92. The van der Waals surface area contributed by atoms with Crippen molar-refractivity contribution in [3.8, 4) is 0 Å². The van der Waals surface area contributed by atoms with Crippen molar-refractivity contribution in [3.05, 3.63) is 0 Å². The quantitative estimate of drug-likeness (QED) is 0.716. The summed E-state index contributed by atoms with van der Waals surface area (Å²) in [6, 6.07) is 0.576. The van der Waals surface area contributed by atoms with E-state index in [1.807, 2.05) is 11.7 Å². The van der Waals surface area contributed by atoms with Crippen molar-refractivity contribution < 1.29 is 4.74 Å². The highest BCUT2D eigenvalue weighted by atomic mass is 32.2. The smallest absolute Gasteiger partial charge is 0.209 e. The maximum absolute atomic E-state index is 5.82. The molecule has 0 aromatic carbocycles. The molecular weight excluding hydrogens is 276 g/mol. The molecule has 1 aromatic rings. The van der Waals surface area contributed by atoms with E-state index in [9.17, 15) is 0 Å². The molecule has 0 radical (unpaired) electrons. The normalized spacial score (nSPS) is 20.7. The predicted molar refractivity (Wildman–Crippen MR) is 78.9 cm³/mol. The van der Waals surface area contributed by atoms with Crippen LogP contribution in [0.2, 0.25) is 0 Å². The fourth-order valence-electron chi connectivity index (χ4n) is 2.14. The summed E-state index contributed by atoms with van der Waals surface area (Å²) < 4.78 is 7.66. The first-order valence-corrected chi connectivity index (χ1v) is 8.08. The molecule has 0 bridgehead atoms. The van der Waals surface area contributed by atoms with Crippen LogP contribution >= 0.6 is 11.8 Å². The number of hydrogen-bond donors (Lipinski definition) is 1. The molecule has 7 nitrogen and oxygen atoms in total. The summed E-state index contributed by atoms with van der Waals surface area (Å²) in [5, 5.41) is 15.8. The fraction of sp³-hybridized carbons (Fsp3) is 0.917. The largest absolute Gasteiger partial charge is 0.375 e. The third kappa shape index (κ3) is 4.41. The van der Waals surface area contributed by atoms with E-state index in [-0.39, 0.29) is 6.10 Å². The molecule has 1 fully saturated rings. The van der Waals surface area contributed by atoms with Gasteiger partial charge in [-0.15, -0.1) is 5.10 Å². The molecule has 8 heteroatoms. The molecule has 2 rings (SSSR count). The molecule has 2 heterocycles. The van der Waals surface area contributed by atoms with Gasteiger partial charge in [-0.1, -0.05) is 11.8 Å².